The molecule has 1 aromatic heterocycles. The van der Waals surface area contributed by atoms with Crippen molar-refractivity contribution in [1.29, 1.82) is 0 Å². The second kappa shape index (κ2) is 8.36. The lowest BCUT2D eigenvalue weighted by Crippen LogP contribution is -2.19. The Hall–Kier alpha value is -2.65. The number of anilines is 1. The predicted octanol–water partition coefficient (Wildman–Crippen LogP) is 4.22. The topological polar surface area (TPSA) is 92.7 Å². The number of amides is 2. The number of aryl methyl sites for hydroxylation is 2. The summed E-state index contributed by atoms with van der Waals surface area (Å²) in [5.74, 6) is -0.211. The molecule has 1 saturated heterocycles. The maximum atomic E-state index is 12.2. The van der Waals surface area contributed by atoms with Gasteiger partial charge in [0.2, 0.25) is 0 Å². The third kappa shape index (κ3) is 4.95. The number of nitrogens with one attached hydrogen (secondary N) is 2. The van der Waals surface area contributed by atoms with Crippen molar-refractivity contribution in [3.63, 3.8) is 0 Å². The highest BCUT2D eigenvalue weighted by Crippen LogP contribution is 2.31. The normalized spacial score (nSPS) is 16.6. The minimum absolute atomic E-state index is 0.211. The molecule has 2 aromatic rings. The van der Waals surface area contributed by atoms with E-state index < -0.39 is 6.09 Å². The van der Waals surface area contributed by atoms with Crippen molar-refractivity contribution in [3.05, 3.63) is 45.3 Å². The first-order valence-corrected chi connectivity index (χ1v) is 9.84. The molecule has 1 aromatic carbocycles. The molecule has 0 spiro atoms. The lowest BCUT2D eigenvalue weighted by Gasteiger charge is -2.02. The average Bonchev–Trinajstić information content (AvgIpc) is 3.17. The number of amidine groups is 1. The van der Waals surface area contributed by atoms with Crippen LogP contribution in [0.4, 0.5) is 15.6 Å². The molecule has 0 atom stereocenters. The van der Waals surface area contributed by atoms with E-state index in [9.17, 15) is 9.59 Å². The fourth-order valence-corrected chi connectivity index (χ4v) is 3.96. The Balaban J connectivity index is 1.73. The number of thioether (sulfide) groups is 1. The molecule has 0 unspecified atom stereocenters. The second-order valence-corrected chi connectivity index (χ2v) is 7.78. The Bertz CT molecular complexity index is 950. The van der Waals surface area contributed by atoms with Gasteiger partial charge in [0.15, 0.2) is 10.3 Å². The molecule has 1 aliphatic rings. The van der Waals surface area contributed by atoms with Crippen LogP contribution in [0.2, 0.25) is 0 Å². The number of hydrogen-bond donors (Lipinski definition) is 2. The van der Waals surface area contributed by atoms with Crippen LogP contribution in [0.1, 0.15) is 22.9 Å². The van der Waals surface area contributed by atoms with Gasteiger partial charge in [0.05, 0.1) is 22.1 Å². The molecule has 1 fully saturated rings. The third-order valence-electron chi connectivity index (χ3n) is 3.51. The summed E-state index contributed by atoms with van der Waals surface area (Å²) in [7, 11) is 0. The standard InChI is InChI=1S/C18H18N4O3S2/c1-4-25-18(24)22-16-19-9-12(26-16)8-14-15(23)21-17(27-14)20-13-6-5-10(2)7-11(13)3/h5-9H,4H2,1-3H3,(H,19,22,24)(H,20,21,23)/b14-8-. The first-order valence-electron chi connectivity index (χ1n) is 8.21. The molecular weight excluding hydrogens is 384 g/mol. The molecule has 27 heavy (non-hydrogen) atoms. The second-order valence-electron chi connectivity index (χ2n) is 5.68. The highest BCUT2D eigenvalue weighted by molar-refractivity contribution is 8.18. The first kappa shape index (κ1) is 19.1. The zero-order valence-electron chi connectivity index (χ0n) is 15.0. The number of carbonyl (C=O) groups excluding carboxylic acids is 2. The number of benzene rings is 1. The molecule has 3 rings (SSSR count). The molecule has 2 N–H and O–H groups in total. The van der Waals surface area contributed by atoms with Crippen molar-refractivity contribution in [2.24, 2.45) is 4.99 Å². The molecule has 7 nitrogen and oxygen atoms in total. The van der Waals surface area contributed by atoms with Gasteiger partial charge in [-0.2, -0.15) is 0 Å². The number of rotatable bonds is 4. The van der Waals surface area contributed by atoms with Crippen molar-refractivity contribution in [1.82, 2.24) is 10.3 Å². The fraction of sp³-hybridized carbons (Fsp3) is 0.222. The molecule has 1 aliphatic heterocycles. The van der Waals surface area contributed by atoms with E-state index in [0.29, 0.717) is 15.2 Å². The van der Waals surface area contributed by atoms with E-state index in [0.717, 1.165) is 21.7 Å². The summed E-state index contributed by atoms with van der Waals surface area (Å²) in [6.45, 7) is 6.02. The van der Waals surface area contributed by atoms with Crippen LogP contribution >= 0.6 is 23.1 Å². The van der Waals surface area contributed by atoms with Crippen LogP contribution in [0, 0.1) is 13.8 Å². The van der Waals surface area contributed by atoms with Gasteiger partial charge in [-0.15, -0.1) is 0 Å². The zero-order chi connectivity index (χ0) is 19.4. The highest BCUT2D eigenvalue weighted by atomic mass is 32.2. The van der Waals surface area contributed by atoms with Crippen molar-refractivity contribution < 1.29 is 14.3 Å². The maximum absolute atomic E-state index is 12.2. The van der Waals surface area contributed by atoms with Crippen LogP contribution in [-0.2, 0) is 9.53 Å². The quantitative estimate of drug-likeness (QED) is 0.747. The van der Waals surface area contributed by atoms with Gasteiger partial charge in [0.25, 0.3) is 5.91 Å². The Morgan fingerprint density at radius 2 is 2.22 bits per heavy atom. The van der Waals surface area contributed by atoms with Crippen LogP contribution in [0.3, 0.4) is 0 Å². The minimum atomic E-state index is -0.554. The summed E-state index contributed by atoms with van der Waals surface area (Å²) in [6.07, 6.45) is 2.76. The van der Waals surface area contributed by atoms with E-state index in [1.54, 1.807) is 19.2 Å². The summed E-state index contributed by atoms with van der Waals surface area (Å²) in [5.41, 5.74) is 3.04. The van der Waals surface area contributed by atoms with E-state index in [2.05, 4.69) is 20.6 Å². The minimum Gasteiger partial charge on any atom is -0.450 e. The van der Waals surface area contributed by atoms with E-state index in [-0.39, 0.29) is 12.5 Å². The third-order valence-corrected chi connectivity index (χ3v) is 5.28. The fourth-order valence-electron chi connectivity index (χ4n) is 2.32. The smallest absolute Gasteiger partial charge is 0.413 e. The first-order chi connectivity index (χ1) is 12.9. The Morgan fingerprint density at radius 1 is 1.41 bits per heavy atom. The van der Waals surface area contributed by atoms with Gasteiger partial charge in [-0.25, -0.2) is 14.8 Å². The Morgan fingerprint density at radius 3 is 2.96 bits per heavy atom. The lowest BCUT2D eigenvalue weighted by atomic mass is 10.1. The van der Waals surface area contributed by atoms with Crippen molar-refractivity contribution in [2.45, 2.75) is 20.8 Å². The maximum Gasteiger partial charge on any atom is 0.413 e. The highest BCUT2D eigenvalue weighted by Gasteiger charge is 2.24. The van der Waals surface area contributed by atoms with Gasteiger partial charge < -0.3 is 10.1 Å². The SMILES string of the molecule is CCOC(=O)Nc1ncc(/C=C2\SC(=Nc3ccc(C)cc3C)NC2=O)s1. The molecule has 9 heteroatoms. The van der Waals surface area contributed by atoms with Crippen LogP contribution in [-0.4, -0.2) is 28.8 Å². The van der Waals surface area contributed by atoms with Gasteiger partial charge in [-0.3, -0.25) is 10.1 Å². The van der Waals surface area contributed by atoms with E-state index in [1.807, 2.05) is 32.0 Å². The molecule has 0 bridgehead atoms. The van der Waals surface area contributed by atoms with Crippen LogP contribution in [0.25, 0.3) is 6.08 Å². The molecule has 2 heterocycles. The monoisotopic (exact) mass is 402 g/mol. The molecule has 0 saturated carbocycles. The number of aromatic nitrogens is 1. The van der Waals surface area contributed by atoms with Gasteiger partial charge in [-0.05, 0) is 50.2 Å². The van der Waals surface area contributed by atoms with Gasteiger partial charge >= 0.3 is 6.09 Å². The number of carbonyl (C=O) groups is 2. The molecule has 140 valence electrons. The number of thiazole rings is 1. The number of ether oxygens (including phenoxy) is 1. The van der Waals surface area contributed by atoms with Gasteiger partial charge in [-0.1, -0.05) is 29.0 Å². The Kier molecular flexibility index (Phi) is 5.92. The molecular formula is C18H18N4O3S2. The summed E-state index contributed by atoms with van der Waals surface area (Å²) in [5, 5.41) is 6.25. The zero-order valence-corrected chi connectivity index (χ0v) is 16.7. The van der Waals surface area contributed by atoms with E-state index in [4.69, 9.17) is 4.74 Å². The van der Waals surface area contributed by atoms with E-state index >= 15 is 0 Å². The van der Waals surface area contributed by atoms with E-state index in [1.165, 1.54) is 23.1 Å². The number of aliphatic imine (C=N–C) groups is 1. The van der Waals surface area contributed by atoms with Crippen molar-refractivity contribution in [3.8, 4) is 0 Å². The summed E-state index contributed by atoms with van der Waals surface area (Å²) in [4.78, 5) is 33.5. The van der Waals surface area contributed by atoms with Gasteiger partial charge in [0.1, 0.15) is 0 Å². The predicted molar refractivity (Wildman–Crippen MR) is 109 cm³/mol. The lowest BCUT2D eigenvalue weighted by molar-refractivity contribution is -0.115. The molecule has 0 aliphatic carbocycles. The average molecular weight is 403 g/mol. The van der Waals surface area contributed by atoms with Crippen molar-refractivity contribution >= 4 is 57.2 Å². The number of nitrogens with zero attached hydrogens (tertiary/aromatic N) is 2. The van der Waals surface area contributed by atoms with Crippen LogP contribution in [0.15, 0.2) is 34.3 Å². The number of hydrogen-bond acceptors (Lipinski definition) is 7. The summed E-state index contributed by atoms with van der Waals surface area (Å²) in [6, 6.07) is 5.97. The largest absolute Gasteiger partial charge is 0.450 e. The molecule has 0 radical (unpaired) electrons. The van der Waals surface area contributed by atoms with Crippen LogP contribution < -0.4 is 10.6 Å². The van der Waals surface area contributed by atoms with Gasteiger partial charge in [0, 0.05) is 6.20 Å². The Labute approximate surface area is 164 Å². The molecule has 2 amide bonds. The van der Waals surface area contributed by atoms with Crippen molar-refractivity contribution in [2.75, 3.05) is 11.9 Å². The summed E-state index contributed by atoms with van der Waals surface area (Å²) >= 11 is 2.52. The van der Waals surface area contributed by atoms with Crippen LogP contribution in [0.5, 0.6) is 0 Å². The summed E-state index contributed by atoms with van der Waals surface area (Å²) < 4.78 is 4.81.